The Bertz CT molecular complexity index is 637. The van der Waals surface area contributed by atoms with E-state index in [0.717, 1.165) is 5.56 Å². The maximum Gasteiger partial charge on any atom is 0.155 e. The lowest BCUT2D eigenvalue weighted by atomic mass is 9.63. The molecule has 2 fully saturated rings. The number of hydrogen-bond acceptors (Lipinski definition) is 5. The third kappa shape index (κ3) is 2.33. The molecule has 1 aromatic heterocycles. The predicted octanol–water partition coefficient (Wildman–Crippen LogP) is 1.96. The number of aliphatic hydroxyl groups is 1. The third-order valence-corrected chi connectivity index (χ3v) is 4.91. The van der Waals surface area contributed by atoms with E-state index in [-0.39, 0.29) is 12.4 Å². The number of aromatic nitrogens is 1. The standard InChI is InChI=1S/C17H20N2O3/c1-15(2)9-16(6-12(7-18)14(15)20)10-17(21,11-22-16)13-4-3-5-19-8-13/h3-5,8,12,21H,6,9-11H2,1-2H3. The van der Waals surface area contributed by atoms with Gasteiger partial charge in [0.1, 0.15) is 11.5 Å². The molecule has 116 valence electrons. The Morgan fingerprint density at radius 1 is 1.45 bits per heavy atom. The van der Waals surface area contributed by atoms with Crippen molar-refractivity contribution in [3.05, 3.63) is 30.1 Å². The van der Waals surface area contributed by atoms with Gasteiger partial charge in [0, 0.05) is 29.8 Å². The van der Waals surface area contributed by atoms with Crippen molar-refractivity contribution in [1.82, 2.24) is 4.98 Å². The van der Waals surface area contributed by atoms with Crippen molar-refractivity contribution in [2.45, 2.75) is 44.3 Å². The Kier molecular flexibility index (Phi) is 3.35. The smallest absolute Gasteiger partial charge is 0.155 e. The number of carbonyl (C=O) groups is 1. The molecule has 5 nitrogen and oxygen atoms in total. The zero-order valence-electron chi connectivity index (χ0n) is 12.9. The molecule has 0 radical (unpaired) electrons. The van der Waals surface area contributed by atoms with E-state index in [1.54, 1.807) is 18.5 Å². The molecular formula is C17H20N2O3. The number of ketones is 1. The van der Waals surface area contributed by atoms with Crippen LogP contribution in [-0.2, 0) is 15.1 Å². The molecule has 1 N–H and O–H groups in total. The van der Waals surface area contributed by atoms with Gasteiger partial charge in [-0.15, -0.1) is 0 Å². The zero-order valence-corrected chi connectivity index (χ0v) is 12.9. The average molecular weight is 300 g/mol. The van der Waals surface area contributed by atoms with E-state index in [9.17, 15) is 15.2 Å². The summed E-state index contributed by atoms with van der Waals surface area (Å²) in [4.78, 5) is 16.4. The summed E-state index contributed by atoms with van der Waals surface area (Å²) in [5, 5.41) is 20.2. The number of ether oxygens (including phenoxy) is 1. The number of nitriles is 1. The molecule has 1 aromatic rings. The number of Topliss-reactive ketones (excluding diaryl/α,β-unsaturated/α-hetero) is 1. The summed E-state index contributed by atoms with van der Waals surface area (Å²) in [6, 6.07) is 5.72. The molecule has 22 heavy (non-hydrogen) atoms. The number of carbonyl (C=O) groups excluding carboxylic acids is 1. The van der Waals surface area contributed by atoms with Crippen LogP contribution in [0, 0.1) is 22.7 Å². The van der Waals surface area contributed by atoms with E-state index in [4.69, 9.17) is 4.74 Å². The molecule has 3 rings (SSSR count). The topological polar surface area (TPSA) is 83.2 Å². The normalized spacial score (nSPS) is 37.2. The van der Waals surface area contributed by atoms with E-state index in [0.29, 0.717) is 19.3 Å². The van der Waals surface area contributed by atoms with Gasteiger partial charge in [-0.3, -0.25) is 9.78 Å². The van der Waals surface area contributed by atoms with Crippen LogP contribution in [0.3, 0.4) is 0 Å². The SMILES string of the molecule is CC1(C)CC2(CC(C#N)C1=O)CC(O)(c1cccnc1)CO2. The highest BCUT2D eigenvalue weighted by molar-refractivity contribution is 5.89. The Morgan fingerprint density at radius 3 is 2.86 bits per heavy atom. The molecule has 1 aliphatic heterocycles. The van der Waals surface area contributed by atoms with Gasteiger partial charge in [0.15, 0.2) is 5.78 Å². The fourth-order valence-corrected chi connectivity index (χ4v) is 3.98. The van der Waals surface area contributed by atoms with Gasteiger partial charge in [-0.1, -0.05) is 19.9 Å². The largest absolute Gasteiger partial charge is 0.383 e. The summed E-state index contributed by atoms with van der Waals surface area (Å²) in [5.74, 6) is -0.693. The van der Waals surface area contributed by atoms with Crippen LogP contribution in [0.15, 0.2) is 24.5 Å². The van der Waals surface area contributed by atoms with Crippen LogP contribution in [0.5, 0.6) is 0 Å². The lowest BCUT2D eigenvalue weighted by Crippen LogP contribution is -2.48. The predicted molar refractivity (Wildman–Crippen MR) is 78.6 cm³/mol. The second-order valence-electron chi connectivity index (χ2n) is 7.23. The maximum atomic E-state index is 12.3. The van der Waals surface area contributed by atoms with Crippen LogP contribution < -0.4 is 0 Å². The van der Waals surface area contributed by atoms with Gasteiger partial charge < -0.3 is 9.84 Å². The zero-order chi connectivity index (χ0) is 16.0. The van der Waals surface area contributed by atoms with Gasteiger partial charge in [0.25, 0.3) is 0 Å². The molecule has 1 aliphatic carbocycles. The summed E-state index contributed by atoms with van der Waals surface area (Å²) in [6.45, 7) is 3.87. The quantitative estimate of drug-likeness (QED) is 0.857. The van der Waals surface area contributed by atoms with Crippen molar-refractivity contribution >= 4 is 5.78 Å². The van der Waals surface area contributed by atoms with Crippen molar-refractivity contribution in [3.8, 4) is 6.07 Å². The Morgan fingerprint density at radius 2 is 2.23 bits per heavy atom. The molecule has 1 saturated carbocycles. The first kappa shape index (κ1) is 15.1. The van der Waals surface area contributed by atoms with Gasteiger partial charge in [0.2, 0.25) is 0 Å². The lowest BCUT2D eigenvalue weighted by Gasteiger charge is -2.43. The first-order chi connectivity index (χ1) is 10.3. The molecule has 1 saturated heterocycles. The highest BCUT2D eigenvalue weighted by Gasteiger charge is 2.57. The van der Waals surface area contributed by atoms with Crippen molar-refractivity contribution in [1.29, 1.82) is 5.26 Å². The molecule has 0 amide bonds. The van der Waals surface area contributed by atoms with Crippen molar-refractivity contribution in [3.63, 3.8) is 0 Å². The van der Waals surface area contributed by atoms with Crippen molar-refractivity contribution in [2.24, 2.45) is 11.3 Å². The van der Waals surface area contributed by atoms with E-state index in [1.165, 1.54) is 0 Å². The first-order valence-corrected chi connectivity index (χ1v) is 7.51. The lowest BCUT2D eigenvalue weighted by molar-refractivity contribution is -0.144. The van der Waals surface area contributed by atoms with Crippen molar-refractivity contribution in [2.75, 3.05) is 6.61 Å². The molecule has 2 aliphatic rings. The number of nitrogens with zero attached hydrogens (tertiary/aromatic N) is 2. The first-order valence-electron chi connectivity index (χ1n) is 7.51. The van der Waals surface area contributed by atoms with E-state index < -0.39 is 22.5 Å². The minimum Gasteiger partial charge on any atom is -0.383 e. The Hall–Kier alpha value is -1.77. The van der Waals surface area contributed by atoms with E-state index in [1.807, 2.05) is 19.9 Å². The van der Waals surface area contributed by atoms with Crippen LogP contribution >= 0.6 is 0 Å². The van der Waals surface area contributed by atoms with Crippen LogP contribution in [0.2, 0.25) is 0 Å². The summed E-state index contributed by atoms with van der Waals surface area (Å²) >= 11 is 0. The summed E-state index contributed by atoms with van der Waals surface area (Å²) in [7, 11) is 0. The highest BCUT2D eigenvalue weighted by atomic mass is 16.5. The molecule has 2 heterocycles. The molecule has 3 unspecified atom stereocenters. The van der Waals surface area contributed by atoms with Crippen LogP contribution in [0.25, 0.3) is 0 Å². The maximum absolute atomic E-state index is 12.3. The van der Waals surface area contributed by atoms with Crippen molar-refractivity contribution < 1.29 is 14.6 Å². The van der Waals surface area contributed by atoms with Gasteiger partial charge >= 0.3 is 0 Å². The summed E-state index contributed by atoms with van der Waals surface area (Å²) in [5.41, 5.74) is -1.62. The van der Waals surface area contributed by atoms with Crippen LogP contribution in [0.1, 0.15) is 38.7 Å². The fourth-order valence-electron chi connectivity index (χ4n) is 3.98. The molecular weight excluding hydrogens is 280 g/mol. The molecule has 3 atom stereocenters. The highest BCUT2D eigenvalue weighted by Crippen LogP contribution is 2.52. The van der Waals surface area contributed by atoms with E-state index in [2.05, 4.69) is 11.1 Å². The van der Waals surface area contributed by atoms with Gasteiger partial charge in [-0.05, 0) is 18.9 Å². The number of hydrogen-bond donors (Lipinski definition) is 1. The second-order valence-corrected chi connectivity index (χ2v) is 7.23. The Labute approximate surface area is 129 Å². The minimum absolute atomic E-state index is 0.0268. The third-order valence-electron chi connectivity index (χ3n) is 4.91. The van der Waals surface area contributed by atoms with Crippen LogP contribution in [0.4, 0.5) is 0 Å². The van der Waals surface area contributed by atoms with Crippen LogP contribution in [-0.4, -0.2) is 28.1 Å². The second kappa shape index (κ2) is 4.87. The van der Waals surface area contributed by atoms with Gasteiger partial charge in [-0.2, -0.15) is 5.26 Å². The Balaban J connectivity index is 1.91. The average Bonchev–Trinajstić information content (AvgIpc) is 2.81. The van der Waals surface area contributed by atoms with Gasteiger partial charge in [-0.25, -0.2) is 0 Å². The van der Waals surface area contributed by atoms with E-state index >= 15 is 0 Å². The molecule has 0 aromatic carbocycles. The fraction of sp³-hybridized carbons (Fsp3) is 0.588. The number of pyridine rings is 1. The molecule has 0 bridgehead atoms. The summed E-state index contributed by atoms with van der Waals surface area (Å²) in [6.07, 6.45) is 4.57. The molecule has 1 spiro atoms. The number of rotatable bonds is 1. The minimum atomic E-state index is -1.11. The monoisotopic (exact) mass is 300 g/mol. The molecule has 5 heteroatoms. The summed E-state index contributed by atoms with van der Waals surface area (Å²) < 4.78 is 5.99. The van der Waals surface area contributed by atoms with Gasteiger partial charge in [0.05, 0.1) is 18.3 Å².